The molecule has 0 spiro atoms. The fourth-order valence-electron chi connectivity index (χ4n) is 3.11. The van der Waals surface area contributed by atoms with Crippen LogP contribution >= 0.6 is 11.8 Å². The summed E-state index contributed by atoms with van der Waals surface area (Å²) < 4.78 is 5.31. The molecule has 126 valence electrons. The number of carbonyl (C=O) groups is 2. The standard InChI is InChI=1S/C16H28N2O3S/c1-22-11-7-15(19)18-8-3-2-4-14(12-18)17-16(20)13-5-9-21-10-6-13/h13-14H,2-12H2,1H3,(H,17,20). The number of likely N-dealkylation sites (tertiary alicyclic amines) is 1. The molecule has 2 amide bonds. The largest absolute Gasteiger partial charge is 0.381 e. The molecule has 22 heavy (non-hydrogen) atoms. The molecule has 2 saturated heterocycles. The monoisotopic (exact) mass is 328 g/mol. The summed E-state index contributed by atoms with van der Waals surface area (Å²) in [7, 11) is 0. The summed E-state index contributed by atoms with van der Waals surface area (Å²) in [4.78, 5) is 26.5. The lowest BCUT2D eigenvalue weighted by atomic mass is 9.98. The van der Waals surface area contributed by atoms with Crippen LogP contribution in [-0.2, 0) is 14.3 Å². The van der Waals surface area contributed by atoms with Gasteiger partial charge in [-0.2, -0.15) is 11.8 Å². The van der Waals surface area contributed by atoms with Gasteiger partial charge in [0.2, 0.25) is 11.8 Å². The van der Waals surface area contributed by atoms with E-state index in [-0.39, 0.29) is 23.8 Å². The number of ether oxygens (including phenoxy) is 1. The van der Waals surface area contributed by atoms with Crippen LogP contribution in [0.1, 0.15) is 38.5 Å². The Morgan fingerprint density at radius 3 is 2.73 bits per heavy atom. The Balaban J connectivity index is 1.83. The van der Waals surface area contributed by atoms with Gasteiger partial charge in [0.05, 0.1) is 0 Å². The second kappa shape index (κ2) is 9.40. The normalized spacial score (nSPS) is 23.9. The smallest absolute Gasteiger partial charge is 0.223 e. The molecule has 1 N–H and O–H groups in total. The first kappa shape index (κ1) is 17.6. The molecule has 2 heterocycles. The molecule has 2 aliphatic rings. The Labute approximate surface area is 137 Å². The number of thioether (sulfide) groups is 1. The van der Waals surface area contributed by atoms with E-state index in [2.05, 4.69) is 5.32 Å². The van der Waals surface area contributed by atoms with E-state index in [1.807, 2.05) is 11.2 Å². The molecule has 6 heteroatoms. The molecule has 0 aromatic carbocycles. The zero-order valence-corrected chi connectivity index (χ0v) is 14.3. The highest BCUT2D eigenvalue weighted by molar-refractivity contribution is 7.98. The maximum atomic E-state index is 12.4. The Hall–Kier alpha value is -0.750. The molecule has 0 radical (unpaired) electrons. The number of rotatable bonds is 5. The minimum Gasteiger partial charge on any atom is -0.381 e. The van der Waals surface area contributed by atoms with Crippen LogP contribution in [-0.4, -0.2) is 61.1 Å². The number of nitrogens with one attached hydrogen (secondary N) is 1. The minimum atomic E-state index is 0.0812. The van der Waals surface area contributed by atoms with Gasteiger partial charge < -0.3 is 15.0 Å². The molecule has 1 unspecified atom stereocenters. The number of nitrogens with zero attached hydrogens (tertiary/aromatic N) is 1. The van der Waals surface area contributed by atoms with E-state index in [0.29, 0.717) is 26.2 Å². The summed E-state index contributed by atoms with van der Waals surface area (Å²) >= 11 is 1.70. The molecule has 5 nitrogen and oxygen atoms in total. The number of hydrogen-bond donors (Lipinski definition) is 1. The molecule has 2 rings (SSSR count). The van der Waals surface area contributed by atoms with Gasteiger partial charge >= 0.3 is 0 Å². The van der Waals surface area contributed by atoms with Crippen molar-refractivity contribution >= 4 is 23.6 Å². The van der Waals surface area contributed by atoms with Crippen LogP contribution in [0.3, 0.4) is 0 Å². The quantitative estimate of drug-likeness (QED) is 0.834. The molecule has 0 aliphatic carbocycles. The van der Waals surface area contributed by atoms with Gasteiger partial charge in [-0.25, -0.2) is 0 Å². The predicted molar refractivity (Wildman–Crippen MR) is 88.9 cm³/mol. The SMILES string of the molecule is CSCCC(=O)N1CCCCC(NC(=O)C2CCOCC2)C1. The first-order valence-corrected chi connectivity index (χ1v) is 9.75. The minimum absolute atomic E-state index is 0.0812. The summed E-state index contributed by atoms with van der Waals surface area (Å²) in [6.07, 6.45) is 7.33. The number of hydrogen-bond acceptors (Lipinski definition) is 4. The van der Waals surface area contributed by atoms with Crippen molar-refractivity contribution in [1.82, 2.24) is 10.2 Å². The first-order chi connectivity index (χ1) is 10.7. The summed E-state index contributed by atoms with van der Waals surface area (Å²) in [5.41, 5.74) is 0. The summed E-state index contributed by atoms with van der Waals surface area (Å²) in [5, 5.41) is 3.18. The molecule has 1 atom stereocenters. The van der Waals surface area contributed by atoms with Gasteiger partial charge in [-0.15, -0.1) is 0 Å². The average molecular weight is 328 g/mol. The Bertz CT molecular complexity index is 372. The molecular formula is C16H28N2O3S. The maximum absolute atomic E-state index is 12.4. The third kappa shape index (κ3) is 5.47. The van der Waals surface area contributed by atoms with Gasteiger partial charge in [0.25, 0.3) is 0 Å². The second-order valence-electron chi connectivity index (χ2n) is 6.17. The summed E-state index contributed by atoms with van der Waals surface area (Å²) in [5.74, 6) is 1.32. The number of carbonyl (C=O) groups excluding carboxylic acids is 2. The molecule has 0 bridgehead atoms. The first-order valence-electron chi connectivity index (χ1n) is 8.35. The molecule has 0 aromatic rings. The molecular weight excluding hydrogens is 300 g/mol. The van der Waals surface area contributed by atoms with Crippen molar-refractivity contribution in [2.45, 2.75) is 44.6 Å². The van der Waals surface area contributed by atoms with E-state index in [1.54, 1.807) is 11.8 Å². The van der Waals surface area contributed by atoms with Crippen molar-refractivity contribution in [3.8, 4) is 0 Å². The lowest BCUT2D eigenvalue weighted by Crippen LogP contribution is -2.47. The fourth-order valence-corrected chi connectivity index (χ4v) is 3.49. The second-order valence-corrected chi connectivity index (χ2v) is 7.16. The van der Waals surface area contributed by atoms with E-state index >= 15 is 0 Å². The highest BCUT2D eigenvalue weighted by atomic mass is 32.2. The van der Waals surface area contributed by atoms with E-state index in [4.69, 9.17) is 4.74 Å². The third-order valence-electron chi connectivity index (χ3n) is 4.48. The van der Waals surface area contributed by atoms with E-state index < -0.39 is 0 Å². The fraction of sp³-hybridized carbons (Fsp3) is 0.875. The van der Waals surface area contributed by atoms with Crippen LogP contribution < -0.4 is 5.32 Å². The van der Waals surface area contributed by atoms with Crippen molar-refractivity contribution < 1.29 is 14.3 Å². The highest BCUT2D eigenvalue weighted by Crippen LogP contribution is 2.17. The molecule has 0 saturated carbocycles. The van der Waals surface area contributed by atoms with Crippen molar-refractivity contribution in [3.05, 3.63) is 0 Å². The van der Waals surface area contributed by atoms with Gasteiger partial charge in [-0.1, -0.05) is 0 Å². The number of amides is 2. The summed E-state index contributed by atoms with van der Waals surface area (Å²) in [6, 6.07) is 0.107. The van der Waals surface area contributed by atoms with Crippen LogP contribution in [0.25, 0.3) is 0 Å². The van der Waals surface area contributed by atoms with Crippen molar-refractivity contribution in [1.29, 1.82) is 0 Å². The Morgan fingerprint density at radius 2 is 2.00 bits per heavy atom. The predicted octanol–water partition coefficient (Wildman–Crippen LogP) is 1.66. The molecule has 2 fully saturated rings. The molecule has 0 aromatic heterocycles. The van der Waals surface area contributed by atoms with E-state index in [9.17, 15) is 9.59 Å². The van der Waals surface area contributed by atoms with E-state index in [0.717, 1.165) is 44.4 Å². The van der Waals surface area contributed by atoms with Crippen LogP contribution in [0.4, 0.5) is 0 Å². The molecule has 2 aliphatic heterocycles. The average Bonchev–Trinajstić information content (AvgIpc) is 2.79. The van der Waals surface area contributed by atoms with Crippen molar-refractivity contribution in [2.75, 3.05) is 38.3 Å². The van der Waals surface area contributed by atoms with Gasteiger partial charge in [0.15, 0.2) is 0 Å². The zero-order chi connectivity index (χ0) is 15.8. The van der Waals surface area contributed by atoms with Crippen LogP contribution in [0.15, 0.2) is 0 Å². The van der Waals surface area contributed by atoms with Gasteiger partial charge in [0.1, 0.15) is 0 Å². The van der Waals surface area contributed by atoms with Crippen molar-refractivity contribution in [2.24, 2.45) is 5.92 Å². The van der Waals surface area contributed by atoms with Gasteiger partial charge in [0, 0.05) is 50.4 Å². The van der Waals surface area contributed by atoms with E-state index in [1.165, 1.54) is 0 Å². The Kier molecular flexibility index (Phi) is 7.52. The van der Waals surface area contributed by atoms with Crippen LogP contribution in [0, 0.1) is 5.92 Å². The maximum Gasteiger partial charge on any atom is 0.223 e. The lowest BCUT2D eigenvalue weighted by Gasteiger charge is -2.28. The topological polar surface area (TPSA) is 58.6 Å². The van der Waals surface area contributed by atoms with Crippen LogP contribution in [0.5, 0.6) is 0 Å². The van der Waals surface area contributed by atoms with Crippen molar-refractivity contribution in [3.63, 3.8) is 0 Å². The highest BCUT2D eigenvalue weighted by Gasteiger charge is 2.27. The van der Waals surface area contributed by atoms with Gasteiger partial charge in [-0.3, -0.25) is 9.59 Å². The summed E-state index contributed by atoms with van der Waals surface area (Å²) in [6.45, 7) is 2.86. The van der Waals surface area contributed by atoms with Gasteiger partial charge in [-0.05, 0) is 38.4 Å². The zero-order valence-electron chi connectivity index (χ0n) is 13.5. The Morgan fingerprint density at radius 1 is 1.23 bits per heavy atom. The third-order valence-corrected chi connectivity index (χ3v) is 5.09. The van der Waals surface area contributed by atoms with Crippen LogP contribution in [0.2, 0.25) is 0 Å². The lowest BCUT2D eigenvalue weighted by molar-refractivity contribution is -0.133.